The fourth-order valence-electron chi connectivity index (χ4n) is 1.49. The first-order valence-electron chi connectivity index (χ1n) is 4.59. The van der Waals surface area contributed by atoms with Gasteiger partial charge in [0.05, 0.1) is 0 Å². The van der Waals surface area contributed by atoms with E-state index in [2.05, 4.69) is 25.9 Å². The number of carbonyl (C=O) groups excluding carboxylic acids is 1. The van der Waals surface area contributed by atoms with E-state index in [0.717, 1.165) is 0 Å². The summed E-state index contributed by atoms with van der Waals surface area (Å²) in [6, 6.07) is 1.56. The van der Waals surface area contributed by atoms with Gasteiger partial charge in [-0.3, -0.25) is 4.79 Å². The smallest absolute Gasteiger partial charge is 0.345 e. The fourth-order valence-corrected chi connectivity index (χ4v) is 1.82. The normalized spacial score (nSPS) is 12.0. The second kappa shape index (κ2) is 4.14. The molecule has 0 unspecified atom stereocenters. The number of aromatic nitrogens is 2. The Hall–Kier alpha value is -1.37. The lowest BCUT2D eigenvalue weighted by Crippen LogP contribution is -2.14. The first kappa shape index (κ1) is 12.1. The highest BCUT2D eigenvalue weighted by Gasteiger charge is 2.32. The lowest BCUT2D eigenvalue weighted by atomic mass is 10.1. The van der Waals surface area contributed by atoms with Crippen LogP contribution in [0.3, 0.4) is 0 Å². The minimum atomic E-state index is -4.50. The summed E-state index contributed by atoms with van der Waals surface area (Å²) in [5.41, 5.74) is 0.393. The van der Waals surface area contributed by atoms with Crippen molar-refractivity contribution < 1.29 is 18.0 Å². The summed E-state index contributed by atoms with van der Waals surface area (Å²) in [6.45, 7) is 0. The summed E-state index contributed by atoms with van der Waals surface area (Å²) >= 11 is 3.15. The van der Waals surface area contributed by atoms with Gasteiger partial charge in [0, 0.05) is 27.8 Å². The van der Waals surface area contributed by atoms with Gasteiger partial charge in [-0.2, -0.15) is 13.2 Å². The minimum Gasteiger partial charge on any atom is -0.345 e. The molecular weight excluding hydrogens is 301 g/mol. The van der Waals surface area contributed by atoms with Gasteiger partial charge < -0.3 is 4.98 Å². The highest BCUT2D eigenvalue weighted by Crippen LogP contribution is 2.26. The van der Waals surface area contributed by atoms with Crippen LogP contribution in [0.4, 0.5) is 13.2 Å². The first-order valence-corrected chi connectivity index (χ1v) is 5.39. The highest BCUT2D eigenvalue weighted by atomic mass is 79.9. The van der Waals surface area contributed by atoms with Gasteiger partial charge in [-0.25, -0.2) is 4.98 Å². The van der Waals surface area contributed by atoms with Gasteiger partial charge in [-0.1, -0.05) is 0 Å². The molecule has 0 amide bonds. The van der Waals surface area contributed by atoms with Crippen molar-refractivity contribution in [3.63, 3.8) is 0 Å². The number of hydrogen-bond acceptors (Lipinski definition) is 2. The Bertz CT molecular complexity index is 576. The molecule has 0 saturated carbocycles. The molecule has 0 aliphatic rings. The van der Waals surface area contributed by atoms with Gasteiger partial charge in [0.1, 0.15) is 12.1 Å². The fraction of sp³-hybridized carbons (Fsp3) is 0.200. The molecule has 17 heavy (non-hydrogen) atoms. The van der Waals surface area contributed by atoms with E-state index in [0.29, 0.717) is 15.5 Å². The Labute approximate surface area is 102 Å². The number of rotatable bonds is 2. The Kier molecular flexibility index (Phi) is 2.94. The number of ketones is 1. The van der Waals surface area contributed by atoms with Crippen LogP contribution in [0, 0.1) is 0 Å². The predicted octanol–water partition coefficient (Wildman–Crippen LogP) is 3.46. The number of H-pyrrole nitrogens is 1. The van der Waals surface area contributed by atoms with E-state index < -0.39 is 18.4 Å². The maximum Gasteiger partial charge on any atom is 0.396 e. The van der Waals surface area contributed by atoms with Crippen LogP contribution in [0.1, 0.15) is 16.8 Å². The molecule has 2 aromatic heterocycles. The third kappa shape index (κ3) is 2.66. The van der Waals surface area contributed by atoms with Crippen LogP contribution < -0.4 is 0 Å². The standard InChI is InChI=1S/C10H6BrF3N2O/c11-5-1-6-7(4-16-9(6)15-3-5)8(17)2-10(12,13)14/h1,3-4H,2H2,(H,15,16). The van der Waals surface area contributed by atoms with Crippen LogP contribution in [0.5, 0.6) is 0 Å². The largest absolute Gasteiger partial charge is 0.396 e. The second-order valence-electron chi connectivity index (χ2n) is 3.47. The summed E-state index contributed by atoms with van der Waals surface area (Å²) in [4.78, 5) is 18.1. The number of pyridine rings is 1. The number of alkyl halides is 3. The Morgan fingerprint density at radius 3 is 2.82 bits per heavy atom. The van der Waals surface area contributed by atoms with Crippen molar-refractivity contribution in [2.24, 2.45) is 0 Å². The third-order valence-electron chi connectivity index (χ3n) is 2.16. The molecule has 0 spiro atoms. The van der Waals surface area contributed by atoms with E-state index in [1.54, 1.807) is 6.07 Å². The second-order valence-corrected chi connectivity index (χ2v) is 4.38. The van der Waals surface area contributed by atoms with E-state index in [1.807, 2.05) is 0 Å². The third-order valence-corrected chi connectivity index (χ3v) is 2.59. The summed E-state index contributed by atoms with van der Waals surface area (Å²) < 4.78 is 37.0. The lowest BCUT2D eigenvalue weighted by molar-refractivity contribution is -0.125. The van der Waals surface area contributed by atoms with Crippen molar-refractivity contribution in [1.82, 2.24) is 9.97 Å². The Morgan fingerprint density at radius 2 is 2.18 bits per heavy atom. The molecule has 0 aliphatic heterocycles. The summed E-state index contributed by atoms with van der Waals surface area (Å²) in [6.07, 6.45) is -3.22. The molecule has 1 N–H and O–H groups in total. The van der Waals surface area contributed by atoms with Gasteiger partial charge >= 0.3 is 6.18 Å². The van der Waals surface area contributed by atoms with Crippen LogP contribution in [0.25, 0.3) is 11.0 Å². The molecule has 0 aromatic carbocycles. The zero-order valence-electron chi connectivity index (χ0n) is 8.31. The molecule has 0 aliphatic carbocycles. The predicted molar refractivity (Wildman–Crippen MR) is 58.8 cm³/mol. The number of halogens is 4. The number of fused-ring (bicyclic) bond motifs is 1. The molecule has 3 nitrogen and oxygen atoms in total. The number of aromatic amines is 1. The van der Waals surface area contributed by atoms with Crippen LogP contribution in [0.2, 0.25) is 0 Å². The van der Waals surface area contributed by atoms with E-state index in [1.165, 1.54) is 12.4 Å². The molecule has 90 valence electrons. The van der Waals surface area contributed by atoms with Crippen LogP contribution >= 0.6 is 15.9 Å². The van der Waals surface area contributed by atoms with Crippen LogP contribution in [-0.4, -0.2) is 21.9 Å². The molecule has 2 aromatic rings. The van der Waals surface area contributed by atoms with Gasteiger partial charge in [0.2, 0.25) is 0 Å². The SMILES string of the molecule is O=C(CC(F)(F)F)c1c[nH]c2ncc(Br)cc12. The summed E-state index contributed by atoms with van der Waals surface area (Å²) in [5.74, 6) is -0.969. The zero-order valence-corrected chi connectivity index (χ0v) is 9.89. The summed E-state index contributed by atoms with van der Waals surface area (Å²) in [7, 11) is 0. The topological polar surface area (TPSA) is 45.8 Å². The number of carbonyl (C=O) groups is 1. The van der Waals surface area contributed by atoms with Crippen molar-refractivity contribution in [1.29, 1.82) is 0 Å². The highest BCUT2D eigenvalue weighted by molar-refractivity contribution is 9.10. The molecular formula is C10H6BrF3N2O. The molecule has 0 radical (unpaired) electrons. The van der Waals surface area contributed by atoms with Gasteiger partial charge in [0.25, 0.3) is 0 Å². The Balaban J connectivity index is 2.42. The van der Waals surface area contributed by atoms with Gasteiger partial charge in [-0.05, 0) is 22.0 Å². The molecule has 0 saturated heterocycles. The average Bonchev–Trinajstić information content (AvgIpc) is 2.57. The first-order chi connectivity index (χ1) is 7.87. The number of nitrogens with one attached hydrogen (secondary N) is 1. The Morgan fingerprint density at radius 1 is 1.47 bits per heavy atom. The minimum absolute atomic E-state index is 0.00567. The molecule has 2 rings (SSSR count). The van der Waals surface area contributed by atoms with Crippen molar-refractivity contribution in [2.45, 2.75) is 12.6 Å². The van der Waals surface area contributed by atoms with Crippen molar-refractivity contribution in [3.8, 4) is 0 Å². The molecule has 0 atom stereocenters. The van der Waals surface area contributed by atoms with E-state index in [9.17, 15) is 18.0 Å². The summed E-state index contributed by atoms with van der Waals surface area (Å²) in [5, 5.41) is 0.383. The average molecular weight is 307 g/mol. The molecule has 0 bridgehead atoms. The van der Waals surface area contributed by atoms with E-state index in [4.69, 9.17) is 0 Å². The van der Waals surface area contributed by atoms with Gasteiger partial charge in [0.15, 0.2) is 5.78 Å². The van der Waals surface area contributed by atoms with Crippen LogP contribution in [0.15, 0.2) is 22.9 Å². The number of hydrogen-bond donors (Lipinski definition) is 1. The maximum absolute atomic E-state index is 12.1. The number of Topliss-reactive ketones (excluding diaryl/α,β-unsaturated/α-hetero) is 1. The van der Waals surface area contributed by atoms with Crippen LogP contribution in [-0.2, 0) is 0 Å². The van der Waals surface area contributed by atoms with Crippen molar-refractivity contribution in [2.75, 3.05) is 0 Å². The quantitative estimate of drug-likeness (QED) is 0.864. The maximum atomic E-state index is 12.1. The lowest BCUT2D eigenvalue weighted by Gasteiger charge is -2.04. The van der Waals surface area contributed by atoms with E-state index >= 15 is 0 Å². The van der Waals surface area contributed by atoms with Crippen molar-refractivity contribution >= 4 is 32.7 Å². The molecule has 0 fully saturated rings. The zero-order chi connectivity index (χ0) is 12.6. The van der Waals surface area contributed by atoms with Gasteiger partial charge in [-0.15, -0.1) is 0 Å². The molecule has 7 heteroatoms. The van der Waals surface area contributed by atoms with E-state index in [-0.39, 0.29) is 5.56 Å². The monoisotopic (exact) mass is 306 g/mol. The molecule has 2 heterocycles. The van der Waals surface area contributed by atoms with Crippen molar-refractivity contribution in [3.05, 3.63) is 28.5 Å². The number of nitrogens with zero attached hydrogens (tertiary/aromatic N) is 1.